The monoisotopic (exact) mass is 294 g/mol. The van der Waals surface area contributed by atoms with Gasteiger partial charge in [0.15, 0.2) is 5.41 Å². The van der Waals surface area contributed by atoms with Gasteiger partial charge in [0.05, 0.1) is 28.4 Å². The molecule has 114 valence electrons. The highest BCUT2D eigenvalue weighted by atomic mass is 16.5. The van der Waals surface area contributed by atoms with Gasteiger partial charge in [-0.25, -0.2) is 0 Å². The fourth-order valence-electron chi connectivity index (χ4n) is 2.73. The molecule has 1 unspecified atom stereocenters. The summed E-state index contributed by atoms with van der Waals surface area (Å²) >= 11 is 0. The average molecular weight is 294 g/mol. The Labute approximate surface area is 122 Å². The van der Waals surface area contributed by atoms with E-state index >= 15 is 0 Å². The number of benzene rings is 1. The predicted octanol–water partition coefficient (Wildman–Crippen LogP) is 1.52. The Bertz CT molecular complexity index is 527. The zero-order valence-electron chi connectivity index (χ0n) is 12.5. The molecule has 0 amide bonds. The second-order valence-electron chi connectivity index (χ2n) is 4.79. The molecule has 0 radical (unpaired) electrons. The van der Waals surface area contributed by atoms with E-state index in [9.17, 15) is 9.59 Å². The number of esters is 2. The minimum absolute atomic E-state index is 0.309. The van der Waals surface area contributed by atoms with Crippen LogP contribution >= 0.6 is 0 Å². The van der Waals surface area contributed by atoms with Gasteiger partial charge >= 0.3 is 11.9 Å². The van der Waals surface area contributed by atoms with E-state index < -0.39 is 17.4 Å². The number of methoxy groups -OCH3 is 4. The SMILES string of the molecule is COC(=O)C1(C(=O)OC)CC1c1c(OC)cccc1OC. The maximum absolute atomic E-state index is 12.1. The average Bonchev–Trinajstić information content (AvgIpc) is 3.28. The van der Waals surface area contributed by atoms with Crippen molar-refractivity contribution in [3.8, 4) is 11.5 Å². The van der Waals surface area contributed by atoms with E-state index in [-0.39, 0.29) is 5.92 Å². The Morgan fingerprint density at radius 2 is 1.48 bits per heavy atom. The molecule has 0 spiro atoms. The first-order valence-corrected chi connectivity index (χ1v) is 6.44. The Morgan fingerprint density at radius 1 is 1.00 bits per heavy atom. The highest BCUT2D eigenvalue weighted by Gasteiger charge is 2.69. The summed E-state index contributed by atoms with van der Waals surface area (Å²) < 4.78 is 20.2. The lowest BCUT2D eigenvalue weighted by atomic mass is 9.97. The third-order valence-electron chi connectivity index (χ3n) is 3.87. The van der Waals surface area contributed by atoms with Crippen LogP contribution in [0.2, 0.25) is 0 Å². The van der Waals surface area contributed by atoms with Crippen molar-refractivity contribution >= 4 is 11.9 Å². The maximum Gasteiger partial charge on any atom is 0.323 e. The van der Waals surface area contributed by atoms with Crippen molar-refractivity contribution in [2.45, 2.75) is 12.3 Å². The van der Waals surface area contributed by atoms with Gasteiger partial charge in [0.1, 0.15) is 11.5 Å². The molecule has 6 nitrogen and oxygen atoms in total. The van der Waals surface area contributed by atoms with Crippen LogP contribution in [0, 0.1) is 5.41 Å². The third-order valence-corrected chi connectivity index (χ3v) is 3.87. The van der Waals surface area contributed by atoms with E-state index in [0.29, 0.717) is 23.5 Å². The molecule has 1 saturated carbocycles. The van der Waals surface area contributed by atoms with Crippen molar-refractivity contribution in [2.75, 3.05) is 28.4 Å². The number of rotatable bonds is 5. The van der Waals surface area contributed by atoms with E-state index in [1.54, 1.807) is 18.2 Å². The van der Waals surface area contributed by atoms with Gasteiger partial charge in [0.2, 0.25) is 0 Å². The largest absolute Gasteiger partial charge is 0.496 e. The quantitative estimate of drug-likeness (QED) is 0.606. The summed E-state index contributed by atoms with van der Waals surface area (Å²) in [6.07, 6.45) is 0.309. The van der Waals surface area contributed by atoms with Gasteiger partial charge in [0.25, 0.3) is 0 Å². The lowest BCUT2D eigenvalue weighted by Crippen LogP contribution is -2.30. The van der Waals surface area contributed by atoms with Crippen molar-refractivity contribution < 1.29 is 28.5 Å². The van der Waals surface area contributed by atoms with Gasteiger partial charge in [0, 0.05) is 11.5 Å². The molecular formula is C15H18O6. The Hall–Kier alpha value is -2.24. The molecule has 1 aliphatic rings. The minimum atomic E-state index is -1.31. The first-order valence-electron chi connectivity index (χ1n) is 6.44. The van der Waals surface area contributed by atoms with Gasteiger partial charge in [-0.15, -0.1) is 0 Å². The van der Waals surface area contributed by atoms with Crippen LogP contribution in [0.5, 0.6) is 11.5 Å². The van der Waals surface area contributed by atoms with Crippen molar-refractivity contribution in [1.29, 1.82) is 0 Å². The smallest absolute Gasteiger partial charge is 0.323 e. The van der Waals surface area contributed by atoms with Gasteiger partial charge in [-0.1, -0.05) is 6.07 Å². The maximum atomic E-state index is 12.1. The molecule has 0 aromatic heterocycles. The molecule has 1 aliphatic carbocycles. The summed E-state index contributed by atoms with van der Waals surface area (Å²) in [4.78, 5) is 24.1. The molecule has 6 heteroatoms. The molecule has 1 fully saturated rings. The highest BCUT2D eigenvalue weighted by molar-refractivity contribution is 6.05. The highest BCUT2D eigenvalue weighted by Crippen LogP contribution is 2.64. The number of carbonyl (C=O) groups is 2. The molecule has 2 rings (SSSR count). The molecule has 1 aromatic rings. The van der Waals surface area contributed by atoms with Gasteiger partial charge < -0.3 is 18.9 Å². The summed E-state index contributed by atoms with van der Waals surface area (Å²) in [6, 6.07) is 5.30. The summed E-state index contributed by atoms with van der Waals surface area (Å²) in [5.41, 5.74) is -0.635. The summed E-state index contributed by atoms with van der Waals surface area (Å²) in [5, 5.41) is 0. The molecule has 0 aliphatic heterocycles. The third kappa shape index (κ3) is 2.20. The van der Waals surface area contributed by atoms with Crippen LogP contribution in [0.15, 0.2) is 18.2 Å². The van der Waals surface area contributed by atoms with E-state index in [4.69, 9.17) is 18.9 Å². The molecule has 0 bridgehead atoms. The zero-order chi connectivity index (χ0) is 15.6. The number of hydrogen-bond donors (Lipinski definition) is 0. The lowest BCUT2D eigenvalue weighted by molar-refractivity contribution is -0.161. The predicted molar refractivity (Wildman–Crippen MR) is 73.4 cm³/mol. The molecule has 0 heterocycles. The summed E-state index contributed by atoms with van der Waals surface area (Å²) in [5.74, 6) is -0.466. The first kappa shape index (κ1) is 15.2. The van der Waals surface area contributed by atoms with Gasteiger partial charge in [-0.3, -0.25) is 9.59 Å². The van der Waals surface area contributed by atoms with Crippen LogP contribution in [0.3, 0.4) is 0 Å². The Kier molecular flexibility index (Phi) is 4.06. The van der Waals surface area contributed by atoms with Crippen LogP contribution in [0.4, 0.5) is 0 Å². The second kappa shape index (κ2) is 5.63. The van der Waals surface area contributed by atoms with Crippen LogP contribution in [-0.2, 0) is 19.1 Å². The summed E-state index contributed by atoms with van der Waals surface area (Å²) in [6.45, 7) is 0. The number of hydrogen-bond acceptors (Lipinski definition) is 6. The fraction of sp³-hybridized carbons (Fsp3) is 0.467. The summed E-state index contributed by atoms with van der Waals surface area (Å²) in [7, 11) is 5.56. The van der Waals surface area contributed by atoms with E-state index in [1.165, 1.54) is 28.4 Å². The lowest BCUT2D eigenvalue weighted by Gasteiger charge is -2.16. The van der Waals surface area contributed by atoms with Crippen LogP contribution < -0.4 is 9.47 Å². The van der Waals surface area contributed by atoms with E-state index in [2.05, 4.69) is 0 Å². The van der Waals surface area contributed by atoms with Crippen LogP contribution in [0.1, 0.15) is 17.9 Å². The molecular weight excluding hydrogens is 276 g/mol. The standard InChI is InChI=1S/C15H18O6/c1-18-10-6-5-7-11(19-2)12(10)9-8-15(9,13(16)20-3)14(17)21-4/h5-7,9H,8H2,1-4H3. The minimum Gasteiger partial charge on any atom is -0.496 e. The van der Waals surface area contributed by atoms with Crippen molar-refractivity contribution in [3.63, 3.8) is 0 Å². The molecule has 0 N–H and O–H groups in total. The fourth-order valence-corrected chi connectivity index (χ4v) is 2.73. The zero-order valence-corrected chi connectivity index (χ0v) is 12.5. The van der Waals surface area contributed by atoms with Crippen LogP contribution in [0.25, 0.3) is 0 Å². The number of carbonyl (C=O) groups excluding carboxylic acids is 2. The molecule has 0 saturated heterocycles. The van der Waals surface area contributed by atoms with Crippen LogP contribution in [-0.4, -0.2) is 40.4 Å². The second-order valence-corrected chi connectivity index (χ2v) is 4.79. The van der Waals surface area contributed by atoms with E-state index in [0.717, 1.165) is 0 Å². The molecule has 21 heavy (non-hydrogen) atoms. The molecule has 1 aromatic carbocycles. The number of ether oxygens (including phenoxy) is 4. The van der Waals surface area contributed by atoms with Crippen molar-refractivity contribution in [1.82, 2.24) is 0 Å². The van der Waals surface area contributed by atoms with E-state index in [1.807, 2.05) is 0 Å². The van der Waals surface area contributed by atoms with Gasteiger partial charge in [-0.2, -0.15) is 0 Å². The Morgan fingerprint density at radius 3 is 1.86 bits per heavy atom. The topological polar surface area (TPSA) is 71.1 Å². The van der Waals surface area contributed by atoms with Crippen molar-refractivity contribution in [3.05, 3.63) is 23.8 Å². The normalized spacial score (nSPS) is 18.6. The molecule has 1 atom stereocenters. The first-order chi connectivity index (χ1) is 10.1. The van der Waals surface area contributed by atoms with Crippen molar-refractivity contribution in [2.24, 2.45) is 5.41 Å². The Balaban J connectivity index is 2.49. The van der Waals surface area contributed by atoms with Gasteiger partial charge in [-0.05, 0) is 18.6 Å².